The van der Waals surface area contributed by atoms with E-state index in [1.54, 1.807) is 16.8 Å². The van der Waals surface area contributed by atoms with Crippen molar-refractivity contribution in [2.45, 2.75) is 19.3 Å². The minimum Gasteiger partial charge on any atom is -0.477 e. The molecule has 1 aromatic heterocycles. The van der Waals surface area contributed by atoms with E-state index in [2.05, 4.69) is 0 Å². The van der Waals surface area contributed by atoms with Crippen LogP contribution in [0.2, 0.25) is 0 Å². The van der Waals surface area contributed by atoms with Crippen molar-refractivity contribution in [1.82, 2.24) is 4.57 Å². The van der Waals surface area contributed by atoms with Crippen LogP contribution in [0.15, 0.2) is 24.4 Å². The number of carboxylic acids is 1. The molecule has 0 saturated carbocycles. The molecule has 1 heterocycles. The van der Waals surface area contributed by atoms with Crippen LogP contribution in [0, 0.1) is 0 Å². The van der Waals surface area contributed by atoms with Crippen LogP contribution in [0.4, 0.5) is 0 Å². The third-order valence-electron chi connectivity index (χ3n) is 2.46. The Morgan fingerprint density at radius 3 is 2.87 bits per heavy atom. The Bertz CT molecular complexity index is 442. The molecule has 0 bridgehead atoms. The maximum absolute atomic E-state index is 11.2. The van der Waals surface area contributed by atoms with Gasteiger partial charge in [-0.15, -0.1) is 0 Å². The highest BCUT2D eigenvalue weighted by molar-refractivity contribution is 5.96. The second-order valence-corrected chi connectivity index (χ2v) is 3.52. The lowest BCUT2D eigenvalue weighted by Gasteiger charge is -2.14. The van der Waals surface area contributed by atoms with Gasteiger partial charge in [0.2, 0.25) is 0 Å². The van der Waals surface area contributed by atoms with Crippen LogP contribution >= 0.6 is 0 Å². The predicted octanol–water partition coefficient (Wildman–Crippen LogP) is 1.78. The topological polar surface area (TPSA) is 59.3 Å². The number of rotatable bonds is 2. The molecule has 0 spiro atoms. The first kappa shape index (κ1) is 9.71. The maximum atomic E-state index is 11.2. The molecule has 2 rings (SSSR count). The molecular formula is C11H11NO3. The van der Waals surface area contributed by atoms with Crippen LogP contribution in [0.1, 0.15) is 29.8 Å². The number of carbonyl (C=O) groups excluding carboxylic acids is 1. The molecule has 0 amide bonds. The summed E-state index contributed by atoms with van der Waals surface area (Å²) in [6.07, 6.45) is 5.32. The fourth-order valence-corrected chi connectivity index (χ4v) is 1.77. The second kappa shape index (κ2) is 3.73. The zero-order valence-electron chi connectivity index (χ0n) is 8.14. The van der Waals surface area contributed by atoms with E-state index in [1.165, 1.54) is 12.1 Å². The molecule has 4 heteroatoms. The molecule has 78 valence electrons. The minimum absolute atomic E-state index is 0.0706. The highest BCUT2D eigenvalue weighted by Gasteiger charge is 2.15. The molecule has 1 aromatic rings. The maximum Gasteiger partial charge on any atom is 0.352 e. The van der Waals surface area contributed by atoms with Gasteiger partial charge in [0.05, 0.1) is 0 Å². The standard InChI is InChI=1S/C11H11NO3/c13-9-4-1-3-8(7-9)12-6-2-5-10(12)11(14)15/h2,5-7H,1,3-4H2,(H,14,15). The lowest BCUT2D eigenvalue weighted by atomic mass is 10.0. The first-order valence-corrected chi connectivity index (χ1v) is 4.83. The number of aromatic nitrogens is 1. The van der Waals surface area contributed by atoms with Crippen LogP contribution in [0.3, 0.4) is 0 Å². The molecule has 1 aliphatic rings. The van der Waals surface area contributed by atoms with Crippen molar-refractivity contribution in [3.05, 3.63) is 30.1 Å². The fourth-order valence-electron chi connectivity index (χ4n) is 1.77. The molecule has 0 aromatic carbocycles. The van der Waals surface area contributed by atoms with E-state index in [0.29, 0.717) is 6.42 Å². The van der Waals surface area contributed by atoms with Gasteiger partial charge in [-0.3, -0.25) is 4.79 Å². The Hall–Kier alpha value is -1.84. The summed E-state index contributed by atoms with van der Waals surface area (Å²) >= 11 is 0. The monoisotopic (exact) mass is 205 g/mol. The molecule has 0 atom stereocenters. The van der Waals surface area contributed by atoms with Crippen LogP contribution in [-0.4, -0.2) is 21.4 Å². The van der Waals surface area contributed by atoms with Crippen LogP contribution in [0.5, 0.6) is 0 Å². The summed E-state index contributed by atoms with van der Waals surface area (Å²) in [4.78, 5) is 22.1. The molecule has 0 saturated heterocycles. The van der Waals surface area contributed by atoms with Gasteiger partial charge in [0.1, 0.15) is 5.69 Å². The number of carbonyl (C=O) groups is 2. The van der Waals surface area contributed by atoms with Gasteiger partial charge >= 0.3 is 5.97 Å². The van der Waals surface area contributed by atoms with Gasteiger partial charge in [-0.2, -0.15) is 0 Å². The molecular weight excluding hydrogens is 194 g/mol. The Morgan fingerprint density at radius 2 is 2.20 bits per heavy atom. The number of allylic oxidation sites excluding steroid dienone is 2. The Morgan fingerprint density at radius 1 is 1.40 bits per heavy atom. The molecule has 1 aliphatic carbocycles. The van der Waals surface area contributed by atoms with Crippen molar-refractivity contribution < 1.29 is 14.7 Å². The highest BCUT2D eigenvalue weighted by atomic mass is 16.4. The van der Waals surface area contributed by atoms with Crippen molar-refractivity contribution in [3.63, 3.8) is 0 Å². The molecule has 0 radical (unpaired) electrons. The summed E-state index contributed by atoms with van der Waals surface area (Å²) < 4.78 is 1.57. The Labute approximate surface area is 86.8 Å². The van der Waals surface area contributed by atoms with Crippen LogP contribution < -0.4 is 0 Å². The number of ketones is 1. The summed E-state index contributed by atoms with van der Waals surface area (Å²) in [6, 6.07) is 3.20. The second-order valence-electron chi connectivity index (χ2n) is 3.52. The van der Waals surface area contributed by atoms with E-state index >= 15 is 0 Å². The van der Waals surface area contributed by atoms with E-state index < -0.39 is 5.97 Å². The van der Waals surface area contributed by atoms with E-state index in [0.717, 1.165) is 18.5 Å². The van der Waals surface area contributed by atoms with Gasteiger partial charge in [-0.05, 0) is 25.0 Å². The summed E-state index contributed by atoms with van der Waals surface area (Å²) in [5.74, 6) is -0.903. The fraction of sp³-hybridized carbons (Fsp3) is 0.273. The molecule has 0 unspecified atom stereocenters. The Balaban J connectivity index is 2.41. The van der Waals surface area contributed by atoms with Crippen LogP contribution in [0.25, 0.3) is 5.70 Å². The number of hydrogen-bond acceptors (Lipinski definition) is 2. The predicted molar refractivity (Wildman–Crippen MR) is 54.5 cm³/mol. The SMILES string of the molecule is O=C1C=C(n2cccc2C(=O)O)CCC1. The van der Waals surface area contributed by atoms with Gasteiger partial charge in [-0.25, -0.2) is 4.79 Å². The van der Waals surface area contributed by atoms with Crippen molar-refractivity contribution in [1.29, 1.82) is 0 Å². The molecule has 1 N–H and O–H groups in total. The van der Waals surface area contributed by atoms with Crippen molar-refractivity contribution in [3.8, 4) is 0 Å². The number of hydrogen-bond donors (Lipinski definition) is 1. The Kier molecular flexibility index (Phi) is 2.41. The van der Waals surface area contributed by atoms with Gasteiger partial charge in [0.25, 0.3) is 0 Å². The van der Waals surface area contributed by atoms with Gasteiger partial charge in [-0.1, -0.05) is 0 Å². The summed E-state index contributed by atoms with van der Waals surface area (Å²) in [5.41, 5.74) is 0.976. The normalized spacial score (nSPS) is 16.3. The van der Waals surface area contributed by atoms with Crippen molar-refractivity contribution in [2.75, 3.05) is 0 Å². The first-order valence-electron chi connectivity index (χ1n) is 4.83. The number of nitrogens with zero attached hydrogens (tertiary/aromatic N) is 1. The lowest BCUT2D eigenvalue weighted by molar-refractivity contribution is -0.114. The average Bonchev–Trinajstić information content (AvgIpc) is 2.65. The molecule has 4 nitrogen and oxygen atoms in total. The van der Waals surface area contributed by atoms with E-state index in [-0.39, 0.29) is 11.5 Å². The molecule has 0 fully saturated rings. The largest absolute Gasteiger partial charge is 0.477 e. The highest BCUT2D eigenvalue weighted by Crippen LogP contribution is 2.21. The quantitative estimate of drug-likeness (QED) is 0.800. The van der Waals surface area contributed by atoms with Gasteiger partial charge in [0.15, 0.2) is 5.78 Å². The van der Waals surface area contributed by atoms with E-state index in [1.807, 2.05) is 0 Å². The minimum atomic E-state index is -0.973. The zero-order valence-corrected chi connectivity index (χ0v) is 8.14. The smallest absolute Gasteiger partial charge is 0.352 e. The van der Waals surface area contributed by atoms with E-state index in [4.69, 9.17) is 5.11 Å². The number of carboxylic acid groups (broad SMARTS) is 1. The summed E-state index contributed by atoms with van der Waals surface area (Å²) in [6.45, 7) is 0. The van der Waals surface area contributed by atoms with E-state index in [9.17, 15) is 9.59 Å². The van der Waals surface area contributed by atoms with Gasteiger partial charge < -0.3 is 9.67 Å². The number of aromatic carboxylic acids is 1. The lowest BCUT2D eigenvalue weighted by Crippen LogP contribution is -2.11. The third kappa shape index (κ3) is 1.83. The van der Waals surface area contributed by atoms with Crippen LogP contribution in [-0.2, 0) is 4.79 Å². The molecule has 15 heavy (non-hydrogen) atoms. The van der Waals surface area contributed by atoms with Gasteiger partial charge in [0, 0.05) is 24.4 Å². The first-order chi connectivity index (χ1) is 7.18. The summed E-state index contributed by atoms with van der Waals surface area (Å²) in [7, 11) is 0. The third-order valence-corrected chi connectivity index (χ3v) is 2.46. The zero-order chi connectivity index (χ0) is 10.8. The average molecular weight is 205 g/mol. The van der Waals surface area contributed by atoms with Crippen molar-refractivity contribution in [2.24, 2.45) is 0 Å². The molecule has 0 aliphatic heterocycles. The van der Waals surface area contributed by atoms with Crippen molar-refractivity contribution >= 4 is 17.4 Å². The summed E-state index contributed by atoms with van der Waals surface area (Å²) in [5, 5.41) is 8.92.